The first-order valence-corrected chi connectivity index (χ1v) is 7.67. The molecular formula is C18H20FN3O2. The lowest BCUT2D eigenvalue weighted by Crippen LogP contribution is -2.21. The Labute approximate surface area is 140 Å². The molecule has 2 rings (SSSR count). The summed E-state index contributed by atoms with van der Waals surface area (Å²) in [5.74, 6) is -1.44. The Morgan fingerprint density at radius 1 is 1.25 bits per heavy atom. The Balaban J connectivity index is 2.26. The first-order valence-electron chi connectivity index (χ1n) is 7.67. The molecule has 2 aromatic carbocycles. The summed E-state index contributed by atoms with van der Waals surface area (Å²) < 4.78 is 13.4. The van der Waals surface area contributed by atoms with Gasteiger partial charge in [0.25, 0.3) is 5.91 Å². The van der Waals surface area contributed by atoms with Crippen molar-refractivity contribution >= 4 is 23.5 Å². The second-order valence-corrected chi connectivity index (χ2v) is 5.20. The van der Waals surface area contributed by atoms with Gasteiger partial charge in [0.05, 0.1) is 11.3 Å². The molecule has 0 bridgehead atoms. The molecule has 0 aromatic heterocycles. The van der Waals surface area contributed by atoms with Crippen molar-refractivity contribution in [1.82, 2.24) is 0 Å². The van der Waals surface area contributed by atoms with Gasteiger partial charge in [-0.05, 0) is 44.2 Å². The van der Waals surface area contributed by atoms with Crippen LogP contribution in [0.4, 0.5) is 15.8 Å². The number of aliphatic imine (C=N–C) groups is 1. The maximum Gasteiger partial charge on any atom is 0.251 e. The largest absolute Gasteiger partial charge is 0.507 e. The molecule has 126 valence electrons. The third-order valence-corrected chi connectivity index (χ3v) is 3.71. The summed E-state index contributed by atoms with van der Waals surface area (Å²) in [7, 11) is 0. The van der Waals surface area contributed by atoms with Crippen LogP contribution in [0.5, 0.6) is 5.75 Å². The molecule has 0 unspecified atom stereocenters. The normalized spacial score (nSPS) is 11.0. The number of rotatable bonds is 6. The van der Waals surface area contributed by atoms with E-state index in [4.69, 9.17) is 5.73 Å². The van der Waals surface area contributed by atoms with Gasteiger partial charge in [-0.2, -0.15) is 0 Å². The van der Waals surface area contributed by atoms with Gasteiger partial charge in [-0.3, -0.25) is 9.79 Å². The van der Waals surface area contributed by atoms with Crippen LogP contribution in [0.25, 0.3) is 0 Å². The summed E-state index contributed by atoms with van der Waals surface area (Å²) in [6.07, 6.45) is 1.46. The highest BCUT2D eigenvalue weighted by Gasteiger charge is 2.09. The molecule has 24 heavy (non-hydrogen) atoms. The Bertz CT molecular complexity index is 771. The fourth-order valence-corrected chi connectivity index (χ4v) is 2.35. The minimum atomic E-state index is -0.851. The predicted octanol–water partition coefficient (Wildman–Crippen LogP) is 3.23. The Kier molecular flexibility index (Phi) is 5.52. The average molecular weight is 329 g/mol. The van der Waals surface area contributed by atoms with Crippen LogP contribution in [0, 0.1) is 5.82 Å². The van der Waals surface area contributed by atoms with Crippen LogP contribution >= 0.6 is 0 Å². The minimum absolute atomic E-state index is 0.0976. The number of carbonyl (C=O) groups excluding carboxylic acids is 1. The zero-order valence-electron chi connectivity index (χ0n) is 13.7. The zero-order valence-corrected chi connectivity index (χ0v) is 13.7. The first-order chi connectivity index (χ1) is 11.5. The third-order valence-electron chi connectivity index (χ3n) is 3.71. The summed E-state index contributed by atoms with van der Waals surface area (Å²) in [5, 5.41) is 10.1. The van der Waals surface area contributed by atoms with E-state index in [0.29, 0.717) is 11.3 Å². The van der Waals surface area contributed by atoms with Crippen LogP contribution < -0.4 is 10.6 Å². The molecule has 2 aromatic rings. The summed E-state index contributed by atoms with van der Waals surface area (Å²) >= 11 is 0. The third kappa shape index (κ3) is 3.90. The van der Waals surface area contributed by atoms with Crippen molar-refractivity contribution in [3.63, 3.8) is 0 Å². The highest BCUT2D eigenvalue weighted by Crippen LogP contribution is 2.24. The van der Waals surface area contributed by atoms with Crippen molar-refractivity contribution in [2.24, 2.45) is 10.7 Å². The molecule has 5 nitrogen and oxygen atoms in total. The molecule has 1 amide bonds. The van der Waals surface area contributed by atoms with Gasteiger partial charge in [0.1, 0.15) is 11.6 Å². The van der Waals surface area contributed by atoms with E-state index in [0.717, 1.165) is 24.8 Å². The van der Waals surface area contributed by atoms with Gasteiger partial charge >= 0.3 is 0 Å². The van der Waals surface area contributed by atoms with Crippen LogP contribution in [-0.2, 0) is 0 Å². The Morgan fingerprint density at radius 2 is 1.96 bits per heavy atom. The molecule has 0 fully saturated rings. The SMILES string of the molecule is CCN(CC)c1ccc(C=Nc2ccc(F)c(C(N)=O)c2)c(O)c1. The molecule has 3 N–H and O–H groups in total. The lowest BCUT2D eigenvalue weighted by molar-refractivity contribution is 0.0996. The summed E-state index contributed by atoms with van der Waals surface area (Å²) in [6, 6.07) is 9.16. The first kappa shape index (κ1) is 17.5. The molecule has 0 aliphatic rings. The van der Waals surface area contributed by atoms with Gasteiger partial charge in [-0.1, -0.05) is 0 Å². The van der Waals surface area contributed by atoms with Crippen LogP contribution in [0.2, 0.25) is 0 Å². The van der Waals surface area contributed by atoms with Gasteiger partial charge in [0.2, 0.25) is 0 Å². The quantitative estimate of drug-likeness (QED) is 0.799. The maximum absolute atomic E-state index is 13.4. The number of amides is 1. The number of benzene rings is 2. The second-order valence-electron chi connectivity index (χ2n) is 5.20. The molecule has 0 aliphatic heterocycles. The Morgan fingerprint density at radius 3 is 2.54 bits per heavy atom. The smallest absolute Gasteiger partial charge is 0.251 e. The molecule has 0 radical (unpaired) electrons. The monoisotopic (exact) mass is 329 g/mol. The highest BCUT2D eigenvalue weighted by atomic mass is 19.1. The van der Waals surface area contributed by atoms with E-state index in [2.05, 4.69) is 9.89 Å². The van der Waals surface area contributed by atoms with Crippen LogP contribution in [0.15, 0.2) is 41.4 Å². The van der Waals surface area contributed by atoms with E-state index < -0.39 is 11.7 Å². The lowest BCUT2D eigenvalue weighted by Gasteiger charge is -2.21. The van der Waals surface area contributed by atoms with E-state index in [1.165, 1.54) is 18.3 Å². The molecular weight excluding hydrogens is 309 g/mol. The van der Waals surface area contributed by atoms with Gasteiger partial charge in [0, 0.05) is 36.6 Å². The molecule has 0 spiro atoms. The van der Waals surface area contributed by atoms with Gasteiger partial charge in [0.15, 0.2) is 0 Å². The predicted molar refractivity (Wildman–Crippen MR) is 93.8 cm³/mol. The Hall–Kier alpha value is -2.89. The lowest BCUT2D eigenvalue weighted by atomic mass is 10.1. The fraction of sp³-hybridized carbons (Fsp3) is 0.222. The number of nitrogens with zero attached hydrogens (tertiary/aromatic N) is 2. The molecule has 0 saturated heterocycles. The van der Waals surface area contributed by atoms with Crippen LogP contribution in [0.1, 0.15) is 29.8 Å². The molecule has 0 atom stereocenters. The van der Waals surface area contributed by atoms with Crippen molar-refractivity contribution in [2.75, 3.05) is 18.0 Å². The van der Waals surface area contributed by atoms with Crippen LogP contribution in [0.3, 0.4) is 0 Å². The topological polar surface area (TPSA) is 78.9 Å². The van der Waals surface area contributed by atoms with E-state index in [-0.39, 0.29) is 11.3 Å². The molecule has 6 heteroatoms. The van der Waals surface area contributed by atoms with E-state index in [9.17, 15) is 14.3 Å². The van der Waals surface area contributed by atoms with E-state index in [1.807, 2.05) is 19.9 Å². The zero-order chi connectivity index (χ0) is 17.7. The number of hydrogen-bond acceptors (Lipinski definition) is 4. The number of phenolic OH excluding ortho intramolecular Hbond substituents is 1. The molecule has 0 heterocycles. The van der Waals surface area contributed by atoms with Crippen molar-refractivity contribution in [1.29, 1.82) is 0 Å². The number of phenols is 1. The number of nitrogens with two attached hydrogens (primary N) is 1. The van der Waals surface area contributed by atoms with Gasteiger partial charge in [-0.25, -0.2) is 4.39 Å². The second kappa shape index (κ2) is 7.59. The standard InChI is InChI=1S/C18H20FN3O2/c1-3-22(4-2)14-7-5-12(17(23)10-14)11-21-13-6-8-16(19)15(9-13)18(20)24/h5-11,23H,3-4H2,1-2H3,(H2,20,24). The van der Waals surface area contributed by atoms with Gasteiger partial charge in [-0.15, -0.1) is 0 Å². The number of hydrogen-bond donors (Lipinski definition) is 2. The van der Waals surface area contributed by atoms with E-state index >= 15 is 0 Å². The fourth-order valence-electron chi connectivity index (χ4n) is 2.35. The maximum atomic E-state index is 13.4. The highest BCUT2D eigenvalue weighted by molar-refractivity contribution is 5.94. The summed E-state index contributed by atoms with van der Waals surface area (Å²) in [6.45, 7) is 5.77. The van der Waals surface area contributed by atoms with Crippen molar-refractivity contribution in [2.45, 2.75) is 13.8 Å². The number of halogens is 1. The average Bonchev–Trinajstić information content (AvgIpc) is 2.56. The van der Waals surface area contributed by atoms with Crippen molar-refractivity contribution < 1.29 is 14.3 Å². The summed E-state index contributed by atoms with van der Waals surface area (Å²) in [5.41, 5.74) is 6.71. The number of aromatic hydroxyl groups is 1. The minimum Gasteiger partial charge on any atom is -0.507 e. The van der Waals surface area contributed by atoms with Crippen molar-refractivity contribution in [3.05, 3.63) is 53.3 Å². The molecule has 0 aliphatic carbocycles. The number of carbonyl (C=O) groups is 1. The molecule has 0 saturated carbocycles. The van der Waals surface area contributed by atoms with Crippen LogP contribution in [-0.4, -0.2) is 30.3 Å². The number of primary amides is 1. The van der Waals surface area contributed by atoms with Crippen molar-refractivity contribution in [3.8, 4) is 5.75 Å². The van der Waals surface area contributed by atoms with Gasteiger partial charge < -0.3 is 15.7 Å². The van der Waals surface area contributed by atoms with E-state index in [1.54, 1.807) is 12.1 Å². The number of anilines is 1. The summed E-state index contributed by atoms with van der Waals surface area (Å²) in [4.78, 5) is 17.4.